The Morgan fingerprint density at radius 2 is 1.89 bits per heavy atom. The standard InChI is InChI=1S/C15H28N2O/c1-5-15(4)13(18)17(12(2)16-15)11-14(3)9-7-6-8-10-14/h12,16H,5-11H2,1-4H3. The second-order valence-corrected chi connectivity index (χ2v) is 6.81. The van der Waals surface area contributed by atoms with Gasteiger partial charge in [0.05, 0.1) is 11.7 Å². The van der Waals surface area contributed by atoms with Crippen LogP contribution in [0.25, 0.3) is 0 Å². The minimum Gasteiger partial charge on any atom is -0.325 e. The summed E-state index contributed by atoms with van der Waals surface area (Å²) in [4.78, 5) is 14.6. The maximum atomic E-state index is 12.5. The molecule has 0 aromatic rings. The predicted molar refractivity (Wildman–Crippen MR) is 74.2 cm³/mol. The van der Waals surface area contributed by atoms with Crippen molar-refractivity contribution in [3.63, 3.8) is 0 Å². The Balaban J connectivity index is 2.07. The third kappa shape index (κ3) is 2.42. The van der Waals surface area contributed by atoms with E-state index >= 15 is 0 Å². The molecule has 0 radical (unpaired) electrons. The summed E-state index contributed by atoms with van der Waals surface area (Å²) in [7, 11) is 0. The largest absolute Gasteiger partial charge is 0.325 e. The number of carbonyl (C=O) groups excluding carboxylic acids is 1. The lowest BCUT2D eigenvalue weighted by Crippen LogP contribution is -2.44. The maximum absolute atomic E-state index is 12.5. The van der Waals surface area contributed by atoms with Crippen LogP contribution in [0.1, 0.15) is 66.2 Å². The summed E-state index contributed by atoms with van der Waals surface area (Å²) in [5, 5.41) is 3.46. The highest BCUT2D eigenvalue weighted by Gasteiger charge is 2.46. The first-order chi connectivity index (χ1) is 8.40. The molecule has 3 nitrogen and oxygen atoms in total. The highest BCUT2D eigenvalue weighted by Crippen LogP contribution is 2.38. The van der Waals surface area contributed by atoms with Gasteiger partial charge in [0.25, 0.3) is 0 Å². The topological polar surface area (TPSA) is 32.3 Å². The number of hydrogen-bond donors (Lipinski definition) is 1. The molecule has 2 aliphatic rings. The Morgan fingerprint density at radius 1 is 1.28 bits per heavy atom. The first kappa shape index (κ1) is 13.9. The monoisotopic (exact) mass is 252 g/mol. The van der Waals surface area contributed by atoms with Crippen molar-refractivity contribution in [3.8, 4) is 0 Å². The summed E-state index contributed by atoms with van der Waals surface area (Å²) in [6, 6.07) is 0. The lowest BCUT2D eigenvalue weighted by Gasteiger charge is -2.38. The molecule has 0 aromatic carbocycles. The van der Waals surface area contributed by atoms with Crippen LogP contribution in [-0.2, 0) is 4.79 Å². The molecule has 18 heavy (non-hydrogen) atoms. The minimum absolute atomic E-state index is 0.182. The van der Waals surface area contributed by atoms with Crippen molar-refractivity contribution in [3.05, 3.63) is 0 Å². The van der Waals surface area contributed by atoms with Gasteiger partial charge in [-0.15, -0.1) is 0 Å². The fourth-order valence-corrected chi connectivity index (χ4v) is 3.53. The summed E-state index contributed by atoms with van der Waals surface area (Å²) in [6.45, 7) is 9.52. The van der Waals surface area contributed by atoms with Gasteiger partial charge in [-0.3, -0.25) is 10.1 Å². The zero-order chi connectivity index (χ0) is 13.4. The molecule has 1 amide bonds. The van der Waals surface area contributed by atoms with Crippen LogP contribution >= 0.6 is 0 Å². The van der Waals surface area contributed by atoms with Gasteiger partial charge < -0.3 is 4.90 Å². The summed E-state index contributed by atoms with van der Waals surface area (Å²) in [6.07, 6.45) is 7.60. The van der Waals surface area contributed by atoms with Gasteiger partial charge in [-0.25, -0.2) is 0 Å². The molecule has 0 spiro atoms. The first-order valence-corrected chi connectivity index (χ1v) is 7.49. The molecule has 2 rings (SSSR count). The Kier molecular flexibility index (Phi) is 3.72. The van der Waals surface area contributed by atoms with E-state index in [4.69, 9.17) is 0 Å². The second-order valence-electron chi connectivity index (χ2n) is 6.81. The zero-order valence-corrected chi connectivity index (χ0v) is 12.4. The molecule has 0 aromatic heterocycles. The fourth-order valence-electron chi connectivity index (χ4n) is 3.53. The van der Waals surface area contributed by atoms with Gasteiger partial charge in [-0.2, -0.15) is 0 Å². The highest BCUT2D eigenvalue weighted by molar-refractivity contribution is 5.88. The number of carbonyl (C=O) groups is 1. The molecule has 104 valence electrons. The van der Waals surface area contributed by atoms with Crippen molar-refractivity contribution >= 4 is 5.91 Å². The van der Waals surface area contributed by atoms with E-state index in [9.17, 15) is 4.79 Å². The van der Waals surface area contributed by atoms with Crippen LogP contribution in [0.2, 0.25) is 0 Å². The number of rotatable bonds is 3. The summed E-state index contributed by atoms with van der Waals surface area (Å²) in [5.41, 5.74) is -0.00666. The highest BCUT2D eigenvalue weighted by atomic mass is 16.2. The van der Waals surface area contributed by atoms with Crippen molar-refractivity contribution < 1.29 is 4.79 Å². The summed E-state index contributed by atoms with van der Waals surface area (Å²) in [5.74, 6) is 0.296. The van der Waals surface area contributed by atoms with E-state index in [1.807, 2.05) is 6.92 Å². The van der Waals surface area contributed by atoms with Gasteiger partial charge >= 0.3 is 0 Å². The van der Waals surface area contributed by atoms with E-state index in [-0.39, 0.29) is 11.7 Å². The third-order valence-electron chi connectivity index (χ3n) is 5.05. The van der Waals surface area contributed by atoms with E-state index in [2.05, 4.69) is 31.0 Å². The van der Waals surface area contributed by atoms with Crippen molar-refractivity contribution in [1.82, 2.24) is 10.2 Å². The third-order valence-corrected chi connectivity index (χ3v) is 5.05. The predicted octanol–water partition coefficient (Wildman–Crippen LogP) is 2.90. The SMILES string of the molecule is CCC1(C)NC(C)N(CC2(C)CCCCC2)C1=O. The molecule has 1 saturated heterocycles. The molecule has 1 N–H and O–H groups in total. The van der Waals surface area contributed by atoms with Crippen molar-refractivity contribution in [2.24, 2.45) is 5.41 Å². The zero-order valence-electron chi connectivity index (χ0n) is 12.4. The Bertz CT molecular complexity index is 322. The average molecular weight is 252 g/mol. The first-order valence-electron chi connectivity index (χ1n) is 7.49. The summed E-state index contributed by atoms with van der Waals surface area (Å²) >= 11 is 0. The number of nitrogens with zero attached hydrogens (tertiary/aromatic N) is 1. The molecule has 1 heterocycles. The Morgan fingerprint density at radius 3 is 2.39 bits per heavy atom. The second kappa shape index (κ2) is 4.84. The molecule has 2 unspecified atom stereocenters. The number of nitrogens with one attached hydrogen (secondary N) is 1. The van der Waals surface area contributed by atoms with Crippen LogP contribution in [0.3, 0.4) is 0 Å². The molecular weight excluding hydrogens is 224 g/mol. The molecule has 2 fully saturated rings. The molecule has 3 heteroatoms. The molecular formula is C15H28N2O. The van der Waals surface area contributed by atoms with Crippen LogP contribution in [0, 0.1) is 5.41 Å². The lowest BCUT2D eigenvalue weighted by molar-refractivity contribution is -0.134. The van der Waals surface area contributed by atoms with Gasteiger partial charge in [-0.1, -0.05) is 33.1 Å². The molecule has 1 aliphatic carbocycles. The van der Waals surface area contributed by atoms with E-state index < -0.39 is 0 Å². The van der Waals surface area contributed by atoms with Gasteiger partial charge in [0.2, 0.25) is 5.91 Å². The van der Waals surface area contributed by atoms with Crippen molar-refractivity contribution in [2.75, 3.05) is 6.54 Å². The normalized spacial score (nSPS) is 36.1. The van der Waals surface area contributed by atoms with Crippen LogP contribution in [0.4, 0.5) is 0 Å². The quantitative estimate of drug-likeness (QED) is 0.837. The molecule has 2 atom stereocenters. The molecule has 0 bridgehead atoms. The average Bonchev–Trinajstić information content (AvgIpc) is 2.55. The van der Waals surface area contributed by atoms with Crippen molar-refractivity contribution in [2.45, 2.75) is 77.9 Å². The van der Waals surface area contributed by atoms with Crippen LogP contribution in [-0.4, -0.2) is 29.1 Å². The summed E-state index contributed by atoms with van der Waals surface area (Å²) < 4.78 is 0. The van der Waals surface area contributed by atoms with Crippen LogP contribution < -0.4 is 5.32 Å². The number of amides is 1. The Hall–Kier alpha value is -0.570. The van der Waals surface area contributed by atoms with Gasteiger partial charge in [0.15, 0.2) is 0 Å². The van der Waals surface area contributed by atoms with Gasteiger partial charge in [0, 0.05) is 6.54 Å². The minimum atomic E-state index is -0.343. The molecule has 1 aliphatic heterocycles. The lowest BCUT2D eigenvalue weighted by atomic mass is 9.75. The van der Waals surface area contributed by atoms with Crippen LogP contribution in [0.15, 0.2) is 0 Å². The van der Waals surface area contributed by atoms with E-state index in [0.29, 0.717) is 11.3 Å². The van der Waals surface area contributed by atoms with Gasteiger partial charge in [-0.05, 0) is 38.5 Å². The van der Waals surface area contributed by atoms with E-state index in [1.165, 1.54) is 32.1 Å². The van der Waals surface area contributed by atoms with Crippen LogP contribution in [0.5, 0.6) is 0 Å². The van der Waals surface area contributed by atoms with E-state index in [1.54, 1.807) is 0 Å². The van der Waals surface area contributed by atoms with E-state index in [0.717, 1.165) is 13.0 Å². The van der Waals surface area contributed by atoms with Gasteiger partial charge in [0.1, 0.15) is 0 Å². The van der Waals surface area contributed by atoms with Crippen molar-refractivity contribution in [1.29, 1.82) is 0 Å². The smallest absolute Gasteiger partial charge is 0.243 e. The Labute approximate surface area is 111 Å². The fraction of sp³-hybridized carbons (Fsp3) is 0.933. The number of hydrogen-bond acceptors (Lipinski definition) is 2. The molecule has 1 saturated carbocycles. The maximum Gasteiger partial charge on any atom is 0.243 e.